The van der Waals surface area contributed by atoms with Gasteiger partial charge in [-0.3, -0.25) is 0 Å². The summed E-state index contributed by atoms with van der Waals surface area (Å²) in [6.45, 7) is 3.24. The zero-order valence-electron chi connectivity index (χ0n) is 18.0. The van der Waals surface area contributed by atoms with Crippen LogP contribution in [-0.2, 0) is 16.4 Å². The summed E-state index contributed by atoms with van der Waals surface area (Å²) in [5.41, 5.74) is -2.47. The van der Waals surface area contributed by atoms with Crippen molar-refractivity contribution in [2.24, 2.45) is 5.92 Å². The summed E-state index contributed by atoms with van der Waals surface area (Å²) in [5.74, 6) is -2.25. The molecule has 0 N–H and O–H groups in total. The first-order chi connectivity index (χ1) is 15.1. The van der Waals surface area contributed by atoms with E-state index in [9.17, 15) is 36.2 Å². The maximum absolute atomic E-state index is 12.9. The van der Waals surface area contributed by atoms with E-state index in [2.05, 4.69) is 0 Å². The lowest BCUT2D eigenvalue weighted by atomic mass is 9.69. The SMILES string of the molecule is CCC(CC)C(C)(C(=O)[O-])c1cc(Cl)c(-c2ccc(C(F)(F)F)cc2)c(OCC(F)(F)F)c1. The molecule has 0 saturated heterocycles. The first-order valence-electron chi connectivity index (χ1n) is 10.1. The lowest BCUT2D eigenvalue weighted by Crippen LogP contribution is -2.48. The fourth-order valence-electron chi connectivity index (χ4n) is 3.89. The van der Waals surface area contributed by atoms with Crippen molar-refractivity contribution in [2.75, 3.05) is 6.61 Å². The second-order valence-corrected chi connectivity index (χ2v) is 8.22. The Morgan fingerprint density at radius 1 is 1.00 bits per heavy atom. The van der Waals surface area contributed by atoms with Crippen molar-refractivity contribution < 1.29 is 41.0 Å². The van der Waals surface area contributed by atoms with E-state index in [1.165, 1.54) is 13.0 Å². The smallest absolute Gasteiger partial charge is 0.422 e. The summed E-state index contributed by atoms with van der Waals surface area (Å²) in [6, 6.07) is 6.07. The highest BCUT2D eigenvalue weighted by Crippen LogP contribution is 2.45. The lowest BCUT2D eigenvalue weighted by Gasteiger charge is -2.39. The Labute approximate surface area is 192 Å². The van der Waals surface area contributed by atoms with Crippen molar-refractivity contribution in [2.45, 2.75) is 51.4 Å². The molecule has 0 aromatic heterocycles. The number of carbonyl (C=O) groups excluding carboxylic acids is 1. The number of carbonyl (C=O) groups is 1. The van der Waals surface area contributed by atoms with Crippen LogP contribution in [0.2, 0.25) is 5.02 Å². The molecular formula is C23H22ClF6O3-. The molecule has 2 rings (SSSR count). The van der Waals surface area contributed by atoms with Gasteiger partial charge in [-0.05, 0) is 48.2 Å². The summed E-state index contributed by atoms with van der Waals surface area (Å²) >= 11 is 6.35. The second kappa shape index (κ2) is 9.83. The number of hydrogen-bond donors (Lipinski definition) is 0. The molecule has 0 radical (unpaired) electrons. The summed E-state index contributed by atoms with van der Waals surface area (Å²) in [5, 5.41) is 12.0. The second-order valence-electron chi connectivity index (χ2n) is 7.81. The van der Waals surface area contributed by atoms with E-state index in [1.807, 2.05) is 0 Å². The van der Waals surface area contributed by atoms with Gasteiger partial charge in [0, 0.05) is 11.0 Å². The van der Waals surface area contributed by atoms with Gasteiger partial charge in [0.15, 0.2) is 6.61 Å². The molecule has 33 heavy (non-hydrogen) atoms. The molecule has 3 nitrogen and oxygen atoms in total. The van der Waals surface area contributed by atoms with Crippen molar-refractivity contribution in [1.82, 2.24) is 0 Å². The number of halogens is 7. The maximum atomic E-state index is 12.9. The quantitative estimate of drug-likeness (QED) is 0.398. The maximum Gasteiger partial charge on any atom is 0.422 e. The van der Waals surface area contributed by atoms with E-state index < -0.39 is 47.6 Å². The molecule has 1 unspecified atom stereocenters. The van der Waals surface area contributed by atoms with Crippen LogP contribution in [-0.4, -0.2) is 18.8 Å². The first kappa shape index (κ1) is 26.8. The van der Waals surface area contributed by atoms with Gasteiger partial charge in [0.25, 0.3) is 0 Å². The lowest BCUT2D eigenvalue weighted by molar-refractivity contribution is -0.315. The molecule has 1 atom stereocenters. The highest BCUT2D eigenvalue weighted by atomic mass is 35.5. The van der Waals surface area contributed by atoms with E-state index in [-0.39, 0.29) is 21.7 Å². The molecule has 0 aliphatic carbocycles. The predicted octanol–water partition coefficient (Wildman–Crippen LogP) is 6.41. The molecule has 0 bridgehead atoms. The van der Waals surface area contributed by atoms with Gasteiger partial charge < -0.3 is 14.6 Å². The molecule has 10 heteroatoms. The number of benzene rings is 2. The van der Waals surface area contributed by atoms with E-state index >= 15 is 0 Å². The molecule has 2 aromatic rings. The number of carboxylic acid groups (broad SMARTS) is 1. The Bertz CT molecular complexity index is 981. The highest BCUT2D eigenvalue weighted by molar-refractivity contribution is 6.33. The number of carboxylic acids is 1. The van der Waals surface area contributed by atoms with Gasteiger partial charge in [-0.15, -0.1) is 0 Å². The van der Waals surface area contributed by atoms with Gasteiger partial charge >= 0.3 is 12.4 Å². The van der Waals surface area contributed by atoms with E-state index in [0.717, 1.165) is 30.3 Å². The van der Waals surface area contributed by atoms with Crippen LogP contribution in [0.5, 0.6) is 5.75 Å². The third kappa shape index (κ3) is 5.93. The summed E-state index contributed by atoms with van der Waals surface area (Å²) in [4.78, 5) is 12.1. The Hall–Kier alpha value is -2.42. The molecule has 0 saturated carbocycles. The molecule has 0 spiro atoms. The van der Waals surface area contributed by atoms with Crippen molar-refractivity contribution >= 4 is 17.6 Å². The van der Waals surface area contributed by atoms with Crippen molar-refractivity contribution in [3.8, 4) is 16.9 Å². The standard InChI is InChI=1S/C23H23ClF6O3/c1-4-14(5-2)21(3,20(31)32)16-10-17(24)19(18(11-16)33-12-22(25,26)27)13-6-8-15(9-7-13)23(28,29)30/h6-11,14H,4-5,12H2,1-3H3,(H,31,32)/p-1. The number of aliphatic carboxylic acids is 1. The minimum atomic E-state index is -4.72. The molecule has 0 amide bonds. The minimum Gasteiger partial charge on any atom is -0.549 e. The van der Waals surface area contributed by atoms with Gasteiger partial charge in [-0.2, -0.15) is 26.3 Å². The van der Waals surface area contributed by atoms with Crippen molar-refractivity contribution in [3.63, 3.8) is 0 Å². The topological polar surface area (TPSA) is 49.4 Å². The fourth-order valence-corrected chi connectivity index (χ4v) is 4.21. The van der Waals surface area contributed by atoms with Crippen molar-refractivity contribution in [3.05, 3.63) is 52.5 Å². The molecular weight excluding hydrogens is 474 g/mol. The van der Waals surface area contributed by atoms with Crippen LogP contribution in [0.4, 0.5) is 26.3 Å². The van der Waals surface area contributed by atoms with Gasteiger partial charge in [0.1, 0.15) is 5.75 Å². The van der Waals surface area contributed by atoms with E-state index in [1.54, 1.807) is 13.8 Å². The Kier molecular flexibility index (Phi) is 7.99. The average Bonchev–Trinajstić information content (AvgIpc) is 2.71. The number of alkyl halides is 6. The molecule has 0 aliphatic rings. The third-order valence-electron chi connectivity index (χ3n) is 5.77. The van der Waals surface area contributed by atoms with Crippen LogP contribution in [0.3, 0.4) is 0 Å². The zero-order valence-corrected chi connectivity index (χ0v) is 18.8. The van der Waals surface area contributed by atoms with Crippen LogP contribution < -0.4 is 9.84 Å². The largest absolute Gasteiger partial charge is 0.549 e. The van der Waals surface area contributed by atoms with Crippen LogP contribution in [0.1, 0.15) is 44.7 Å². The normalized spacial score (nSPS) is 14.3. The van der Waals surface area contributed by atoms with Gasteiger partial charge in [0.2, 0.25) is 0 Å². The molecule has 182 valence electrons. The van der Waals surface area contributed by atoms with Gasteiger partial charge in [-0.1, -0.05) is 50.4 Å². The van der Waals surface area contributed by atoms with Crippen LogP contribution >= 0.6 is 11.6 Å². The van der Waals surface area contributed by atoms with E-state index in [4.69, 9.17) is 16.3 Å². The molecule has 2 aromatic carbocycles. The summed E-state index contributed by atoms with van der Waals surface area (Å²) in [7, 11) is 0. The Morgan fingerprint density at radius 2 is 1.55 bits per heavy atom. The minimum absolute atomic E-state index is 0.0778. The number of ether oxygens (including phenoxy) is 1. The first-order valence-corrected chi connectivity index (χ1v) is 10.5. The van der Waals surface area contributed by atoms with Crippen LogP contribution in [0.15, 0.2) is 36.4 Å². The monoisotopic (exact) mass is 495 g/mol. The Morgan fingerprint density at radius 3 is 1.97 bits per heavy atom. The van der Waals surface area contributed by atoms with Crippen LogP contribution in [0.25, 0.3) is 11.1 Å². The fraction of sp³-hybridized carbons (Fsp3) is 0.435. The summed E-state index contributed by atoms with van der Waals surface area (Å²) in [6.07, 6.45) is -8.43. The van der Waals surface area contributed by atoms with Gasteiger partial charge in [0.05, 0.1) is 16.6 Å². The number of rotatable bonds is 8. The highest BCUT2D eigenvalue weighted by Gasteiger charge is 2.37. The predicted molar refractivity (Wildman–Crippen MR) is 110 cm³/mol. The molecule has 0 fully saturated rings. The van der Waals surface area contributed by atoms with Crippen LogP contribution in [0, 0.1) is 5.92 Å². The average molecular weight is 496 g/mol. The molecule has 0 aliphatic heterocycles. The van der Waals surface area contributed by atoms with Gasteiger partial charge in [-0.25, -0.2) is 0 Å². The third-order valence-corrected chi connectivity index (χ3v) is 6.07. The zero-order chi connectivity index (χ0) is 25.2. The number of hydrogen-bond acceptors (Lipinski definition) is 3. The van der Waals surface area contributed by atoms with E-state index in [0.29, 0.717) is 12.8 Å². The Balaban J connectivity index is 2.72. The van der Waals surface area contributed by atoms with Crippen molar-refractivity contribution in [1.29, 1.82) is 0 Å². The molecule has 0 heterocycles. The summed E-state index contributed by atoms with van der Waals surface area (Å²) < 4.78 is 82.3.